The molecule has 0 fully saturated rings. The molecule has 0 saturated carbocycles. The van der Waals surface area contributed by atoms with Crippen molar-refractivity contribution < 1.29 is 9.13 Å². The lowest BCUT2D eigenvalue weighted by atomic mass is 9.97. The van der Waals surface area contributed by atoms with Crippen LogP contribution in [0, 0.1) is 5.82 Å². The molecule has 4 nitrogen and oxygen atoms in total. The van der Waals surface area contributed by atoms with Gasteiger partial charge in [0, 0.05) is 17.2 Å². The third-order valence-electron chi connectivity index (χ3n) is 5.18. The Hall–Kier alpha value is -1.70. The molecular weight excluding hydrogens is 395 g/mol. The molecule has 1 aliphatic rings. The van der Waals surface area contributed by atoms with Gasteiger partial charge >= 0.3 is 0 Å². The summed E-state index contributed by atoms with van der Waals surface area (Å²) in [7, 11) is 1.64. The number of thioether (sulfide) groups is 1. The summed E-state index contributed by atoms with van der Waals surface area (Å²) in [5.74, 6) is -0.248. The molecule has 0 unspecified atom stereocenters. The van der Waals surface area contributed by atoms with Gasteiger partial charge in [-0.2, -0.15) is 0 Å². The van der Waals surface area contributed by atoms with Crippen LogP contribution in [0.2, 0.25) is 0 Å². The van der Waals surface area contributed by atoms with Crippen LogP contribution in [0.1, 0.15) is 41.0 Å². The van der Waals surface area contributed by atoms with E-state index in [0.29, 0.717) is 18.3 Å². The van der Waals surface area contributed by atoms with Crippen molar-refractivity contribution in [2.45, 2.75) is 49.6 Å². The van der Waals surface area contributed by atoms with Crippen molar-refractivity contribution in [3.05, 3.63) is 56.4 Å². The maximum Gasteiger partial charge on any atom is 0.263 e. The highest BCUT2D eigenvalue weighted by Gasteiger charge is 2.23. The van der Waals surface area contributed by atoms with E-state index in [1.165, 1.54) is 40.8 Å². The van der Waals surface area contributed by atoms with Crippen molar-refractivity contribution >= 4 is 33.3 Å². The van der Waals surface area contributed by atoms with Gasteiger partial charge in [-0.05, 0) is 55.9 Å². The Kier molecular flexibility index (Phi) is 5.85. The van der Waals surface area contributed by atoms with Gasteiger partial charge in [-0.3, -0.25) is 9.36 Å². The molecule has 28 heavy (non-hydrogen) atoms. The fourth-order valence-electron chi connectivity index (χ4n) is 3.65. The predicted octanol–water partition coefficient (Wildman–Crippen LogP) is 4.98. The molecule has 1 atom stereocenters. The lowest BCUT2D eigenvalue weighted by molar-refractivity contribution is 0.183. The molecule has 2 heterocycles. The highest BCUT2D eigenvalue weighted by atomic mass is 32.2. The number of fused-ring (bicyclic) bond motifs is 3. The average molecular weight is 419 g/mol. The van der Waals surface area contributed by atoms with Crippen LogP contribution in [0.5, 0.6) is 0 Å². The lowest BCUT2D eigenvalue weighted by Gasteiger charge is -2.16. The number of halogens is 1. The maximum atomic E-state index is 13.4. The molecule has 0 bridgehead atoms. The van der Waals surface area contributed by atoms with Crippen LogP contribution in [-0.4, -0.2) is 23.3 Å². The number of hydrogen-bond donors (Lipinski definition) is 0. The molecule has 0 spiro atoms. The number of nitrogens with zero attached hydrogens (tertiary/aromatic N) is 2. The molecule has 1 aliphatic carbocycles. The summed E-state index contributed by atoms with van der Waals surface area (Å²) in [6.07, 6.45) is 4.33. The highest BCUT2D eigenvalue weighted by molar-refractivity contribution is 7.99. The molecule has 2 aromatic heterocycles. The minimum absolute atomic E-state index is 0.0373. The largest absolute Gasteiger partial charge is 0.383 e. The molecule has 0 saturated heterocycles. The minimum atomic E-state index is -0.248. The molecule has 0 N–H and O–H groups in total. The summed E-state index contributed by atoms with van der Waals surface area (Å²) in [6.45, 7) is 2.98. The molecule has 0 radical (unpaired) electrons. The van der Waals surface area contributed by atoms with Crippen LogP contribution in [-0.2, 0) is 24.1 Å². The Morgan fingerprint density at radius 3 is 2.79 bits per heavy atom. The number of benzene rings is 1. The zero-order valence-electron chi connectivity index (χ0n) is 16.0. The smallest absolute Gasteiger partial charge is 0.263 e. The molecule has 0 amide bonds. The SMILES string of the molecule is COCCn1c(S[C@@H](C)c2ccc(F)cc2)nc2sc3c(c2c1=O)CCCC3. The van der Waals surface area contributed by atoms with Crippen molar-refractivity contribution in [1.29, 1.82) is 0 Å². The summed E-state index contributed by atoms with van der Waals surface area (Å²) < 4.78 is 20.2. The van der Waals surface area contributed by atoms with Crippen LogP contribution in [0.4, 0.5) is 4.39 Å². The number of ether oxygens (including phenoxy) is 1. The summed E-state index contributed by atoms with van der Waals surface area (Å²) in [6, 6.07) is 6.50. The number of hydrogen-bond acceptors (Lipinski definition) is 5. The van der Waals surface area contributed by atoms with Gasteiger partial charge in [0.05, 0.1) is 18.5 Å². The van der Waals surface area contributed by atoms with E-state index in [2.05, 4.69) is 0 Å². The molecule has 0 aliphatic heterocycles. The number of methoxy groups -OCH3 is 1. The van der Waals surface area contributed by atoms with Gasteiger partial charge in [0.15, 0.2) is 5.16 Å². The molecule has 3 aromatic rings. The van der Waals surface area contributed by atoms with Crippen molar-refractivity contribution in [1.82, 2.24) is 9.55 Å². The van der Waals surface area contributed by atoms with E-state index in [9.17, 15) is 9.18 Å². The Bertz CT molecular complexity index is 1040. The minimum Gasteiger partial charge on any atom is -0.383 e. The van der Waals surface area contributed by atoms with Gasteiger partial charge in [-0.25, -0.2) is 9.37 Å². The first-order valence-electron chi connectivity index (χ1n) is 9.54. The Morgan fingerprint density at radius 2 is 2.04 bits per heavy atom. The fourth-order valence-corrected chi connectivity index (χ4v) is 6.01. The molecule has 1 aromatic carbocycles. The van der Waals surface area contributed by atoms with Gasteiger partial charge < -0.3 is 4.74 Å². The highest BCUT2D eigenvalue weighted by Crippen LogP contribution is 2.37. The van der Waals surface area contributed by atoms with Gasteiger partial charge in [-0.15, -0.1) is 11.3 Å². The van der Waals surface area contributed by atoms with E-state index in [1.807, 2.05) is 6.92 Å². The van der Waals surface area contributed by atoms with E-state index in [0.717, 1.165) is 35.0 Å². The van der Waals surface area contributed by atoms with Crippen LogP contribution in [0.25, 0.3) is 10.2 Å². The second-order valence-electron chi connectivity index (χ2n) is 7.05. The van der Waals surface area contributed by atoms with Crippen molar-refractivity contribution in [2.24, 2.45) is 0 Å². The van der Waals surface area contributed by atoms with Crippen LogP contribution >= 0.6 is 23.1 Å². The quantitative estimate of drug-likeness (QED) is 0.419. The standard InChI is InChI=1S/C21H23FN2O2S2/c1-13(14-7-9-15(22)10-8-14)27-21-23-19-18(20(25)24(21)11-12-26-2)16-5-3-4-6-17(16)28-19/h7-10,13H,3-6,11-12H2,1-2H3/t13-/m0/s1. The van der Waals surface area contributed by atoms with Crippen molar-refractivity contribution in [2.75, 3.05) is 13.7 Å². The van der Waals surface area contributed by atoms with E-state index in [-0.39, 0.29) is 16.6 Å². The Morgan fingerprint density at radius 1 is 1.29 bits per heavy atom. The second kappa shape index (κ2) is 8.35. The van der Waals surface area contributed by atoms with Gasteiger partial charge in [0.25, 0.3) is 5.56 Å². The van der Waals surface area contributed by atoms with Crippen molar-refractivity contribution in [3.63, 3.8) is 0 Å². The molecule has 4 rings (SSSR count). The second-order valence-corrected chi connectivity index (χ2v) is 9.44. The van der Waals surface area contributed by atoms with E-state index >= 15 is 0 Å². The van der Waals surface area contributed by atoms with E-state index in [1.54, 1.807) is 35.1 Å². The first-order valence-corrected chi connectivity index (χ1v) is 11.2. The predicted molar refractivity (Wildman–Crippen MR) is 113 cm³/mol. The Labute approximate surface area is 171 Å². The summed E-state index contributed by atoms with van der Waals surface area (Å²) >= 11 is 3.20. The first kappa shape index (κ1) is 19.6. The van der Waals surface area contributed by atoms with E-state index < -0.39 is 0 Å². The zero-order valence-corrected chi connectivity index (χ0v) is 17.7. The summed E-state index contributed by atoms with van der Waals surface area (Å²) in [5.41, 5.74) is 2.25. The van der Waals surface area contributed by atoms with Gasteiger partial charge in [0.1, 0.15) is 10.6 Å². The molecule has 7 heteroatoms. The third-order valence-corrected chi connectivity index (χ3v) is 7.51. The van der Waals surface area contributed by atoms with E-state index in [4.69, 9.17) is 9.72 Å². The number of aryl methyl sites for hydroxylation is 2. The average Bonchev–Trinajstić information content (AvgIpc) is 3.06. The molecular formula is C21H23FN2O2S2. The topological polar surface area (TPSA) is 44.1 Å². The number of rotatable bonds is 6. The normalized spacial score (nSPS) is 15.0. The van der Waals surface area contributed by atoms with Crippen LogP contribution in [0.3, 0.4) is 0 Å². The number of aromatic nitrogens is 2. The third kappa shape index (κ3) is 3.75. The maximum absolute atomic E-state index is 13.4. The molecule has 148 valence electrons. The fraction of sp³-hybridized carbons (Fsp3) is 0.429. The summed E-state index contributed by atoms with van der Waals surface area (Å²) in [5, 5.41) is 1.55. The summed E-state index contributed by atoms with van der Waals surface area (Å²) in [4.78, 5) is 20.4. The monoisotopic (exact) mass is 418 g/mol. The van der Waals surface area contributed by atoms with Crippen LogP contribution in [0.15, 0.2) is 34.2 Å². The van der Waals surface area contributed by atoms with Crippen LogP contribution < -0.4 is 5.56 Å². The van der Waals surface area contributed by atoms with Gasteiger partial charge in [-0.1, -0.05) is 23.9 Å². The lowest BCUT2D eigenvalue weighted by Crippen LogP contribution is -2.25. The number of thiophene rings is 1. The Balaban J connectivity index is 1.77. The van der Waals surface area contributed by atoms with Gasteiger partial charge in [0.2, 0.25) is 0 Å². The zero-order chi connectivity index (χ0) is 19.7. The van der Waals surface area contributed by atoms with Crippen molar-refractivity contribution in [3.8, 4) is 0 Å². The first-order chi connectivity index (χ1) is 13.6.